The topological polar surface area (TPSA) is 61.4 Å². The van der Waals surface area contributed by atoms with E-state index in [1.165, 1.54) is 0 Å². The van der Waals surface area contributed by atoms with Crippen LogP contribution in [0, 0.1) is 5.92 Å². The second-order valence-corrected chi connectivity index (χ2v) is 6.01. The molecule has 5 heteroatoms. The molecule has 0 bridgehead atoms. The monoisotopic (exact) mass is 281 g/mol. The molecule has 0 aromatic rings. The molecule has 0 radical (unpaired) electrons. The highest BCUT2D eigenvalue weighted by Crippen LogP contribution is 2.19. The van der Waals surface area contributed by atoms with Gasteiger partial charge in [-0.05, 0) is 38.5 Å². The molecule has 0 aromatic heterocycles. The van der Waals surface area contributed by atoms with Crippen LogP contribution in [0.4, 0.5) is 4.79 Å². The third kappa shape index (κ3) is 4.12. The minimum Gasteiger partial charge on any atom is -0.342 e. The Labute approximate surface area is 121 Å². The highest BCUT2D eigenvalue weighted by Gasteiger charge is 2.28. The fourth-order valence-corrected chi connectivity index (χ4v) is 2.78. The van der Waals surface area contributed by atoms with Gasteiger partial charge in [-0.1, -0.05) is 13.8 Å². The van der Waals surface area contributed by atoms with Crippen LogP contribution in [-0.2, 0) is 4.79 Å². The van der Waals surface area contributed by atoms with Crippen molar-refractivity contribution < 1.29 is 9.59 Å². The molecule has 2 aliphatic rings. The Hall–Kier alpha value is -1.26. The van der Waals surface area contributed by atoms with Crippen LogP contribution < -0.4 is 10.6 Å². The summed E-state index contributed by atoms with van der Waals surface area (Å²) in [7, 11) is 0. The van der Waals surface area contributed by atoms with E-state index in [0.717, 1.165) is 51.6 Å². The van der Waals surface area contributed by atoms with Gasteiger partial charge in [-0.3, -0.25) is 4.79 Å². The average Bonchev–Trinajstić information content (AvgIpc) is 3.24. The third-order valence-electron chi connectivity index (χ3n) is 4.39. The van der Waals surface area contributed by atoms with Gasteiger partial charge in [0.05, 0.1) is 0 Å². The van der Waals surface area contributed by atoms with Gasteiger partial charge in [0, 0.05) is 31.1 Å². The Morgan fingerprint density at radius 3 is 1.95 bits per heavy atom. The van der Waals surface area contributed by atoms with Crippen molar-refractivity contribution in [2.75, 3.05) is 13.1 Å². The lowest BCUT2D eigenvalue weighted by Gasteiger charge is -2.34. The van der Waals surface area contributed by atoms with E-state index < -0.39 is 0 Å². The van der Waals surface area contributed by atoms with Crippen molar-refractivity contribution in [2.24, 2.45) is 5.92 Å². The van der Waals surface area contributed by atoms with Crippen molar-refractivity contribution in [3.05, 3.63) is 0 Å². The van der Waals surface area contributed by atoms with E-state index in [-0.39, 0.29) is 23.9 Å². The summed E-state index contributed by atoms with van der Waals surface area (Å²) in [6, 6.07) is 0.559. The first-order chi connectivity index (χ1) is 9.63. The zero-order chi connectivity index (χ0) is 14.5. The largest absolute Gasteiger partial charge is 0.342 e. The Morgan fingerprint density at radius 1 is 1.00 bits per heavy atom. The molecule has 0 unspecified atom stereocenters. The maximum atomic E-state index is 12.3. The fourth-order valence-electron chi connectivity index (χ4n) is 2.78. The summed E-state index contributed by atoms with van der Waals surface area (Å²) in [6.07, 6.45) is 5.77. The van der Waals surface area contributed by atoms with Gasteiger partial charge in [0.2, 0.25) is 5.91 Å². The maximum absolute atomic E-state index is 12.3. The summed E-state index contributed by atoms with van der Waals surface area (Å²) in [5, 5.41) is 5.96. The smallest absolute Gasteiger partial charge is 0.315 e. The minimum absolute atomic E-state index is 0.0442. The molecule has 0 atom stereocenters. The molecule has 0 aromatic carbocycles. The lowest BCUT2D eigenvalue weighted by atomic mass is 9.98. The zero-order valence-corrected chi connectivity index (χ0v) is 12.7. The van der Waals surface area contributed by atoms with Crippen molar-refractivity contribution in [3.63, 3.8) is 0 Å². The van der Waals surface area contributed by atoms with E-state index >= 15 is 0 Å². The molecule has 5 nitrogen and oxygen atoms in total. The van der Waals surface area contributed by atoms with Crippen LogP contribution in [-0.4, -0.2) is 42.0 Å². The van der Waals surface area contributed by atoms with Crippen LogP contribution in [0.2, 0.25) is 0 Å². The number of urea groups is 1. The standard InChI is InChI=1S/C15H27N3O2/c1-3-11(4-2)14(19)18-9-7-13(8-10-18)17-15(20)16-12-5-6-12/h11-13H,3-10H2,1-2H3,(H2,16,17,20). The molecule has 114 valence electrons. The molecule has 1 aliphatic heterocycles. The molecule has 1 heterocycles. The first-order valence-corrected chi connectivity index (χ1v) is 7.99. The SMILES string of the molecule is CCC(CC)C(=O)N1CCC(NC(=O)NC2CC2)CC1. The first kappa shape index (κ1) is 15.1. The van der Waals surface area contributed by atoms with Gasteiger partial charge in [-0.15, -0.1) is 0 Å². The number of carbonyl (C=O) groups excluding carboxylic acids is 2. The molecule has 2 N–H and O–H groups in total. The lowest BCUT2D eigenvalue weighted by molar-refractivity contribution is -0.136. The van der Waals surface area contributed by atoms with E-state index in [2.05, 4.69) is 24.5 Å². The molecule has 0 spiro atoms. The Morgan fingerprint density at radius 2 is 1.50 bits per heavy atom. The molecule has 2 fully saturated rings. The van der Waals surface area contributed by atoms with Gasteiger partial charge in [0.25, 0.3) is 0 Å². The Bertz CT molecular complexity index is 343. The van der Waals surface area contributed by atoms with Crippen LogP contribution >= 0.6 is 0 Å². The summed E-state index contributed by atoms with van der Waals surface area (Å²) in [5.74, 6) is 0.452. The number of piperidine rings is 1. The number of nitrogens with one attached hydrogen (secondary N) is 2. The number of rotatable bonds is 5. The normalized spacial score (nSPS) is 20.1. The predicted molar refractivity (Wildman–Crippen MR) is 78.4 cm³/mol. The molecule has 1 saturated heterocycles. The highest BCUT2D eigenvalue weighted by atomic mass is 16.2. The summed E-state index contributed by atoms with van der Waals surface area (Å²) in [4.78, 5) is 25.9. The number of nitrogens with zero attached hydrogens (tertiary/aromatic N) is 1. The third-order valence-corrected chi connectivity index (χ3v) is 4.39. The second kappa shape index (κ2) is 6.95. The van der Waals surface area contributed by atoms with Gasteiger partial charge >= 0.3 is 6.03 Å². The van der Waals surface area contributed by atoms with Crippen LogP contribution in [0.25, 0.3) is 0 Å². The summed E-state index contributed by atoms with van der Waals surface area (Å²) in [5.41, 5.74) is 0. The van der Waals surface area contributed by atoms with Crippen molar-refractivity contribution >= 4 is 11.9 Å². The van der Waals surface area contributed by atoms with Crippen molar-refractivity contribution in [1.29, 1.82) is 0 Å². The fraction of sp³-hybridized carbons (Fsp3) is 0.867. The minimum atomic E-state index is -0.0442. The van der Waals surface area contributed by atoms with Gasteiger partial charge < -0.3 is 15.5 Å². The van der Waals surface area contributed by atoms with E-state index in [0.29, 0.717) is 6.04 Å². The van der Waals surface area contributed by atoms with Crippen LogP contribution in [0.1, 0.15) is 52.4 Å². The first-order valence-electron chi connectivity index (χ1n) is 7.99. The molecular formula is C15H27N3O2. The summed E-state index contributed by atoms with van der Waals surface area (Å²) in [6.45, 7) is 5.68. The van der Waals surface area contributed by atoms with Gasteiger partial charge in [0.15, 0.2) is 0 Å². The maximum Gasteiger partial charge on any atom is 0.315 e. The number of amides is 3. The van der Waals surface area contributed by atoms with Gasteiger partial charge in [0.1, 0.15) is 0 Å². The predicted octanol–water partition coefficient (Wildman–Crippen LogP) is 1.88. The average molecular weight is 281 g/mol. The Kier molecular flexibility index (Phi) is 5.26. The number of carbonyl (C=O) groups is 2. The molecule has 2 rings (SSSR count). The number of likely N-dealkylation sites (tertiary alicyclic amines) is 1. The van der Waals surface area contributed by atoms with E-state index in [4.69, 9.17) is 0 Å². The van der Waals surface area contributed by atoms with E-state index in [1.54, 1.807) is 0 Å². The van der Waals surface area contributed by atoms with Crippen molar-refractivity contribution in [1.82, 2.24) is 15.5 Å². The number of hydrogen-bond acceptors (Lipinski definition) is 2. The molecule has 1 saturated carbocycles. The van der Waals surface area contributed by atoms with Crippen LogP contribution in [0.15, 0.2) is 0 Å². The summed E-state index contributed by atoms with van der Waals surface area (Å²) < 4.78 is 0. The Balaban J connectivity index is 1.71. The van der Waals surface area contributed by atoms with Crippen molar-refractivity contribution in [3.8, 4) is 0 Å². The molecule has 1 aliphatic carbocycles. The molecular weight excluding hydrogens is 254 g/mol. The molecule has 3 amide bonds. The zero-order valence-electron chi connectivity index (χ0n) is 12.7. The van der Waals surface area contributed by atoms with Gasteiger partial charge in [-0.2, -0.15) is 0 Å². The highest BCUT2D eigenvalue weighted by molar-refractivity contribution is 5.79. The quantitative estimate of drug-likeness (QED) is 0.808. The van der Waals surface area contributed by atoms with E-state index in [1.807, 2.05) is 4.90 Å². The van der Waals surface area contributed by atoms with Gasteiger partial charge in [-0.25, -0.2) is 4.79 Å². The van der Waals surface area contributed by atoms with Crippen molar-refractivity contribution in [2.45, 2.75) is 64.5 Å². The van der Waals surface area contributed by atoms with Crippen LogP contribution in [0.5, 0.6) is 0 Å². The molecule has 20 heavy (non-hydrogen) atoms. The number of hydrogen-bond donors (Lipinski definition) is 2. The van der Waals surface area contributed by atoms with Crippen LogP contribution in [0.3, 0.4) is 0 Å². The lowest BCUT2D eigenvalue weighted by Crippen LogP contribution is -2.50. The van der Waals surface area contributed by atoms with E-state index in [9.17, 15) is 9.59 Å². The summed E-state index contributed by atoms with van der Waals surface area (Å²) >= 11 is 0. The second-order valence-electron chi connectivity index (χ2n) is 6.01.